The molecule has 1 spiro atoms. The summed E-state index contributed by atoms with van der Waals surface area (Å²) in [6.07, 6.45) is 8.80. The van der Waals surface area contributed by atoms with Gasteiger partial charge in [-0.15, -0.1) is 0 Å². The summed E-state index contributed by atoms with van der Waals surface area (Å²) in [5, 5.41) is 13.8. The van der Waals surface area contributed by atoms with Gasteiger partial charge in [-0.25, -0.2) is 23.1 Å². The number of nitrogens with one attached hydrogen (secondary N) is 1. The van der Waals surface area contributed by atoms with Gasteiger partial charge in [-0.05, 0) is 69.2 Å². The van der Waals surface area contributed by atoms with Crippen LogP contribution in [-0.4, -0.2) is 84.5 Å². The van der Waals surface area contributed by atoms with Crippen molar-refractivity contribution in [3.63, 3.8) is 0 Å². The summed E-state index contributed by atoms with van der Waals surface area (Å²) in [6, 6.07) is 7.49. The van der Waals surface area contributed by atoms with Crippen molar-refractivity contribution in [2.75, 3.05) is 59.7 Å². The van der Waals surface area contributed by atoms with Crippen molar-refractivity contribution in [2.24, 2.45) is 5.41 Å². The molecule has 3 aromatic rings. The minimum atomic E-state index is -3.64. The number of aromatic nitrogens is 4. The second kappa shape index (κ2) is 10.6. The minimum absolute atomic E-state index is 0.128. The highest BCUT2D eigenvalue weighted by atomic mass is 32.2. The van der Waals surface area contributed by atoms with E-state index in [9.17, 15) is 8.42 Å². The predicted octanol–water partition coefficient (Wildman–Crippen LogP) is 2.98. The molecular weight excluding hydrogens is 530 g/mol. The average Bonchev–Trinajstić information content (AvgIpc) is 3.48. The summed E-state index contributed by atoms with van der Waals surface area (Å²) in [5.41, 5.74) is 5.35. The summed E-state index contributed by atoms with van der Waals surface area (Å²) in [6.45, 7) is 7.58. The number of rotatable bonds is 8. The molecule has 0 unspecified atom stereocenters. The molecule has 0 amide bonds. The molecule has 11 nitrogen and oxygen atoms in total. The first kappa shape index (κ1) is 27.0. The minimum Gasteiger partial charge on any atom is -0.395 e. The van der Waals surface area contributed by atoms with Crippen LogP contribution in [0.25, 0.3) is 16.9 Å². The molecule has 1 saturated carbocycles. The van der Waals surface area contributed by atoms with Crippen LogP contribution < -0.4 is 14.5 Å². The van der Waals surface area contributed by atoms with Crippen LogP contribution in [0.4, 0.5) is 17.3 Å². The lowest BCUT2D eigenvalue weighted by Crippen LogP contribution is -2.42. The van der Waals surface area contributed by atoms with Gasteiger partial charge in [0.1, 0.15) is 0 Å². The van der Waals surface area contributed by atoms with E-state index in [1.54, 1.807) is 6.07 Å². The number of aryl methyl sites for hydroxylation is 1. The topological polar surface area (TPSA) is 126 Å². The van der Waals surface area contributed by atoms with Crippen molar-refractivity contribution in [1.29, 1.82) is 0 Å². The van der Waals surface area contributed by atoms with Crippen molar-refractivity contribution in [3.8, 4) is 16.9 Å². The number of hydrogen-bond donors (Lipinski definition) is 2. The highest BCUT2D eigenvalue weighted by Crippen LogP contribution is 2.54. The number of benzene rings is 1. The highest BCUT2D eigenvalue weighted by Gasteiger charge is 2.44. The third-order valence-corrected chi connectivity index (χ3v) is 9.49. The molecule has 3 aliphatic rings. The Bertz CT molecular complexity index is 1480. The second-order valence-corrected chi connectivity index (χ2v) is 13.2. The van der Waals surface area contributed by atoms with Gasteiger partial charge in [0.05, 0.1) is 54.0 Å². The van der Waals surface area contributed by atoms with Gasteiger partial charge in [0.2, 0.25) is 16.0 Å². The Hall–Kier alpha value is -3.22. The van der Waals surface area contributed by atoms with Crippen LogP contribution in [0, 0.1) is 12.3 Å². The number of piperidine rings is 1. The standard InChI is InChI=1S/C28H37N7O4S/c1-20-15-24(31-27(30-20)34-11-13-39-21(2)18-34)22-17-29-35(19-22)25-4-3-23(32-40(37,38)14-12-36)16-26(25)33-9-7-28(5-6-28)8-10-33/h3-4,15-17,19,21,32,36H,5-14,18H2,1-2H3/t21-/m1/s1. The van der Waals surface area contributed by atoms with Gasteiger partial charge in [-0.2, -0.15) is 5.10 Å². The maximum Gasteiger partial charge on any atom is 0.234 e. The number of hydrogen-bond acceptors (Lipinski definition) is 9. The normalized spacial score (nSPS) is 20.6. The van der Waals surface area contributed by atoms with Gasteiger partial charge < -0.3 is 19.6 Å². The van der Waals surface area contributed by atoms with Crippen LogP contribution in [0.2, 0.25) is 0 Å². The summed E-state index contributed by atoms with van der Waals surface area (Å²) >= 11 is 0. The van der Waals surface area contributed by atoms with E-state index in [0.29, 0.717) is 23.7 Å². The number of anilines is 3. The molecule has 3 fully saturated rings. The summed E-state index contributed by atoms with van der Waals surface area (Å²) in [4.78, 5) is 14.0. The van der Waals surface area contributed by atoms with Crippen molar-refractivity contribution in [1.82, 2.24) is 19.7 Å². The number of aliphatic hydroxyl groups excluding tert-OH is 1. The summed E-state index contributed by atoms with van der Waals surface area (Å²) in [7, 11) is -3.64. The monoisotopic (exact) mass is 567 g/mol. The quantitative estimate of drug-likeness (QED) is 0.423. The lowest BCUT2D eigenvalue weighted by Gasteiger charge is -2.35. The van der Waals surface area contributed by atoms with E-state index in [2.05, 4.69) is 26.4 Å². The molecule has 2 N–H and O–H groups in total. The van der Waals surface area contributed by atoms with E-state index in [0.717, 1.165) is 67.3 Å². The second-order valence-electron chi connectivity index (χ2n) is 11.3. The largest absolute Gasteiger partial charge is 0.395 e. The smallest absolute Gasteiger partial charge is 0.234 e. The SMILES string of the molecule is Cc1cc(-c2cnn(-c3ccc(NS(=O)(=O)CCO)cc3N3CCC4(CC3)CC4)c2)nc(N2CCO[C@H](C)C2)n1. The van der Waals surface area contributed by atoms with Crippen LogP contribution >= 0.6 is 0 Å². The van der Waals surface area contributed by atoms with Crippen LogP contribution in [-0.2, 0) is 14.8 Å². The highest BCUT2D eigenvalue weighted by molar-refractivity contribution is 7.92. The Labute approximate surface area is 235 Å². The van der Waals surface area contributed by atoms with Gasteiger partial charge in [0.25, 0.3) is 0 Å². The molecule has 2 aliphatic heterocycles. The van der Waals surface area contributed by atoms with Crippen molar-refractivity contribution >= 4 is 27.3 Å². The number of ether oxygens (including phenoxy) is 1. The van der Waals surface area contributed by atoms with E-state index in [1.807, 2.05) is 42.2 Å². The molecule has 1 aromatic carbocycles. The third-order valence-electron chi connectivity index (χ3n) is 8.22. The van der Waals surface area contributed by atoms with Gasteiger partial charge in [0.15, 0.2) is 0 Å². The van der Waals surface area contributed by atoms with Crippen LogP contribution in [0.1, 0.15) is 38.3 Å². The molecule has 6 rings (SSSR count). The molecular formula is C28H37N7O4S. The van der Waals surface area contributed by atoms with Gasteiger partial charge >= 0.3 is 0 Å². The first-order chi connectivity index (χ1) is 19.2. The fraction of sp³-hybridized carbons (Fsp3) is 0.536. The van der Waals surface area contributed by atoms with Gasteiger partial charge in [-0.1, -0.05) is 0 Å². The zero-order valence-corrected chi connectivity index (χ0v) is 23.9. The Morgan fingerprint density at radius 1 is 1.07 bits per heavy atom. The van der Waals surface area contributed by atoms with E-state index < -0.39 is 16.6 Å². The van der Waals surface area contributed by atoms with E-state index in [4.69, 9.17) is 19.9 Å². The number of nitrogens with zero attached hydrogens (tertiary/aromatic N) is 6. The zero-order valence-electron chi connectivity index (χ0n) is 23.1. The first-order valence-electron chi connectivity index (χ1n) is 14.0. The van der Waals surface area contributed by atoms with Gasteiger partial charge in [0, 0.05) is 43.6 Å². The zero-order chi connectivity index (χ0) is 27.9. The molecule has 1 aliphatic carbocycles. The molecule has 1 atom stereocenters. The fourth-order valence-electron chi connectivity index (χ4n) is 5.71. The Morgan fingerprint density at radius 3 is 2.60 bits per heavy atom. The molecule has 4 heterocycles. The molecule has 2 saturated heterocycles. The van der Waals surface area contributed by atoms with Crippen LogP contribution in [0.3, 0.4) is 0 Å². The number of sulfonamides is 1. The molecule has 2 aromatic heterocycles. The Morgan fingerprint density at radius 2 is 1.88 bits per heavy atom. The van der Waals surface area contributed by atoms with E-state index in [-0.39, 0.29) is 11.9 Å². The van der Waals surface area contributed by atoms with Crippen molar-refractivity contribution in [2.45, 2.75) is 45.6 Å². The van der Waals surface area contributed by atoms with Gasteiger partial charge in [-0.3, -0.25) is 4.72 Å². The van der Waals surface area contributed by atoms with Crippen molar-refractivity contribution in [3.05, 3.63) is 42.4 Å². The average molecular weight is 568 g/mol. The van der Waals surface area contributed by atoms with Crippen LogP contribution in [0.5, 0.6) is 0 Å². The third kappa shape index (κ3) is 5.79. The Balaban J connectivity index is 1.32. The van der Waals surface area contributed by atoms with E-state index in [1.165, 1.54) is 12.8 Å². The summed E-state index contributed by atoms with van der Waals surface area (Å²) in [5.74, 6) is 0.350. The first-order valence-corrected chi connectivity index (χ1v) is 15.7. The van der Waals surface area contributed by atoms with E-state index >= 15 is 0 Å². The molecule has 214 valence electrons. The Kier molecular flexibility index (Phi) is 7.18. The maximum atomic E-state index is 12.4. The summed E-state index contributed by atoms with van der Waals surface area (Å²) < 4.78 is 34.9. The van der Waals surface area contributed by atoms with Crippen molar-refractivity contribution < 1.29 is 18.3 Å². The number of aliphatic hydroxyl groups is 1. The number of morpholine rings is 1. The molecule has 0 radical (unpaired) electrons. The predicted molar refractivity (Wildman–Crippen MR) is 155 cm³/mol. The lowest BCUT2D eigenvalue weighted by molar-refractivity contribution is 0.0526. The molecule has 40 heavy (non-hydrogen) atoms. The molecule has 0 bridgehead atoms. The maximum absolute atomic E-state index is 12.4. The van der Waals surface area contributed by atoms with Crippen LogP contribution in [0.15, 0.2) is 36.7 Å². The lowest BCUT2D eigenvalue weighted by atomic mass is 9.93. The molecule has 12 heteroatoms. The fourth-order valence-corrected chi connectivity index (χ4v) is 6.54.